The van der Waals surface area contributed by atoms with Gasteiger partial charge in [-0.25, -0.2) is 4.79 Å². The number of aromatic carboxylic acids is 1. The molecule has 0 saturated heterocycles. The van der Waals surface area contributed by atoms with Gasteiger partial charge in [-0.15, -0.1) is 0 Å². The molecular weight excluding hydrogens is 392 g/mol. The first-order valence-electron chi connectivity index (χ1n) is 4.66. The van der Waals surface area contributed by atoms with Crippen LogP contribution in [0.4, 0.5) is 0 Å². The molecule has 0 aliphatic rings. The predicted molar refractivity (Wildman–Crippen MR) is 68.8 cm³/mol. The molecule has 4 heteroatoms. The van der Waals surface area contributed by atoms with E-state index in [2.05, 4.69) is 0 Å². The minimum absolute atomic E-state index is 0. The van der Waals surface area contributed by atoms with Crippen molar-refractivity contribution in [2.24, 2.45) is 0 Å². The molecule has 2 aromatic rings. The molecule has 0 bridgehead atoms. The first-order chi connectivity index (χ1) is 7.27. The standard InChI is InChI=1S/C13H10O2.In.Y.3H/c14-13(15)12-8-6-11(7-9-12)10-4-2-1-3-5-10;;;;;/h1-9H,(H,14,15);;;;;. The summed E-state index contributed by atoms with van der Waals surface area (Å²) in [6.07, 6.45) is 0. The van der Waals surface area contributed by atoms with Crippen LogP contribution in [0.5, 0.6) is 0 Å². The van der Waals surface area contributed by atoms with Crippen LogP contribution in [0.25, 0.3) is 11.1 Å². The van der Waals surface area contributed by atoms with Gasteiger partial charge >= 0.3 is 31.8 Å². The third-order valence-corrected chi connectivity index (χ3v) is 2.24. The Balaban J connectivity index is 0.00000128. The van der Waals surface area contributed by atoms with Gasteiger partial charge in [0.25, 0.3) is 0 Å². The van der Waals surface area contributed by atoms with Crippen molar-refractivity contribution in [3.05, 3.63) is 60.2 Å². The van der Waals surface area contributed by atoms with Crippen LogP contribution < -0.4 is 0 Å². The third kappa shape index (κ3) is 4.57. The fraction of sp³-hybridized carbons (Fsp3) is 0. The van der Waals surface area contributed by atoms with Gasteiger partial charge in [-0.2, -0.15) is 0 Å². The summed E-state index contributed by atoms with van der Waals surface area (Å²) in [5.41, 5.74) is 2.43. The minimum Gasteiger partial charge on any atom is 0 e. The molecule has 0 atom stereocenters. The van der Waals surface area contributed by atoms with Crippen LogP contribution in [0.1, 0.15) is 10.4 Å². The molecule has 0 aliphatic heterocycles. The zero-order valence-electron chi connectivity index (χ0n) is 8.63. The van der Waals surface area contributed by atoms with E-state index in [1.54, 1.807) is 12.1 Å². The first kappa shape index (κ1) is 16.9. The van der Waals surface area contributed by atoms with E-state index in [0.717, 1.165) is 11.1 Å². The topological polar surface area (TPSA) is 37.3 Å². The van der Waals surface area contributed by atoms with Gasteiger partial charge in [0.1, 0.15) is 0 Å². The molecular formula is C13H13InO2Y. The number of benzene rings is 2. The van der Waals surface area contributed by atoms with E-state index in [9.17, 15) is 4.79 Å². The van der Waals surface area contributed by atoms with Crippen LogP contribution in [0.3, 0.4) is 0 Å². The maximum absolute atomic E-state index is 10.6. The van der Waals surface area contributed by atoms with Crippen LogP contribution in [-0.4, -0.2) is 36.9 Å². The normalized spacial score (nSPS) is 8.71. The molecule has 2 rings (SSSR count). The second-order valence-corrected chi connectivity index (χ2v) is 3.25. The molecule has 1 radical (unpaired) electrons. The maximum Gasteiger partial charge on any atom is 0 e. The summed E-state index contributed by atoms with van der Waals surface area (Å²) in [5.74, 6) is -0.894. The summed E-state index contributed by atoms with van der Waals surface area (Å²) < 4.78 is 0. The Morgan fingerprint density at radius 1 is 0.824 bits per heavy atom. The second kappa shape index (κ2) is 8.07. The molecule has 0 unspecified atom stereocenters. The van der Waals surface area contributed by atoms with Crippen LogP contribution in [0.2, 0.25) is 0 Å². The van der Waals surface area contributed by atoms with E-state index in [-0.39, 0.29) is 58.6 Å². The molecule has 17 heavy (non-hydrogen) atoms. The molecule has 0 amide bonds. The van der Waals surface area contributed by atoms with Gasteiger partial charge in [0.2, 0.25) is 0 Å². The quantitative estimate of drug-likeness (QED) is 0.829. The smallest absolute Gasteiger partial charge is 0 e. The maximum atomic E-state index is 10.6. The second-order valence-electron chi connectivity index (χ2n) is 3.25. The Hall–Kier alpha value is -0.116. The molecule has 0 spiro atoms. The molecule has 0 saturated carbocycles. The summed E-state index contributed by atoms with van der Waals surface area (Å²) in [4.78, 5) is 10.6. The molecule has 0 fully saturated rings. The predicted octanol–water partition coefficient (Wildman–Crippen LogP) is 1.87. The van der Waals surface area contributed by atoms with E-state index >= 15 is 0 Å². The van der Waals surface area contributed by atoms with E-state index in [0.29, 0.717) is 5.56 Å². The zero-order chi connectivity index (χ0) is 10.7. The summed E-state index contributed by atoms with van der Waals surface area (Å²) in [6.45, 7) is 0. The summed E-state index contributed by atoms with van der Waals surface area (Å²) in [5, 5.41) is 8.75. The molecule has 1 N–H and O–H groups in total. The summed E-state index contributed by atoms with van der Waals surface area (Å²) in [6, 6.07) is 16.7. The molecule has 83 valence electrons. The van der Waals surface area contributed by atoms with E-state index in [4.69, 9.17) is 5.11 Å². The van der Waals surface area contributed by atoms with Crippen molar-refractivity contribution >= 4 is 31.8 Å². The van der Waals surface area contributed by atoms with Gasteiger partial charge in [-0.3, -0.25) is 0 Å². The number of hydrogen-bond donors (Lipinski definition) is 1. The van der Waals surface area contributed by atoms with Crippen molar-refractivity contribution in [3.8, 4) is 11.1 Å². The number of carboxylic acid groups (broad SMARTS) is 1. The van der Waals surface area contributed by atoms with Crippen molar-refractivity contribution < 1.29 is 42.6 Å². The summed E-state index contributed by atoms with van der Waals surface area (Å²) >= 11 is 0. The van der Waals surface area contributed by atoms with Gasteiger partial charge in [0.15, 0.2) is 0 Å². The molecule has 2 aromatic carbocycles. The SMILES string of the molecule is O=C(O)c1ccc(-c2ccccc2)cc1.[InH3].[Y]. The van der Waals surface area contributed by atoms with Crippen LogP contribution in [0, 0.1) is 0 Å². The van der Waals surface area contributed by atoms with E-state index in [1.807, 2.05) is 42.5 Å². The van der Waals surface area contributed by atoms with Crippen molar-refractivity contribution in [2.75, 3.05) is 0 Å². The average Bonchev–Trinajstić information content (AvgIpc) is 2.30. The monoisotopic (exact) mass is 405 g/mol. The van der Waals surface area contributed by atoms with E-state index in [1.165, 1.54) is 0 Å². The minimum atomic E-state index is -0.894. The number of hydrogen-bond acceptors (Lipinski definition) is 1. The largest absolute Gasteiger partial charge is 0 e. The molecule has 0 heterocycles. The van der Waals surface area contributed by atoms with Crippen molar-refractivity contribution in [1.82, 2.24) is 0 Å². The Morgan fingerprint density at radius 3 is 1.76 bits per heavy atom. The van der Waals surface area contributed by atoms with Crippen molar-refractivity contribution in [3.63, 3.8) is 0 Å². The Kier molecular flexibility index (Phi) is 8.01. The number of carboxylic acids is 1. The number of carbonyl (C=O) groups is 1. The van der Waals surface area contributed by atoms with Gasteiger partial charge in [0.05, 0.1) is 5.56 Å². The summed E-state index contributed by atoms with van der Waals surface area (Å²) in [7, 11) is 0. The average molecular weight is 405 g/mol. The Morgan fingerprint density at radius 2 is 1.29 bits per heavy atom. The number of rotatable bonds is 2. The van der Waals surface area contributed by atoms with Crippen molar-refractivity contribution in [1.29, 1.82) is 0 Å². The van der Waals surface area contributed by atoms with Crippen molar-refractivity contribution in [2.45, 2.75) is 0 Å². The third-order valence-electron chi connectivity index (χ3n) is 2.24. The van der Waals surface area contributed by atoms with E-state index < -0.39 is 5.97 Å². The zero-order valence-corrected chi connectivity index (χ0v) is 11.5. The first-order valence-corrected chi connectivity index (χ1v) is 4.66. The fourth-order valence-corrected chi connectivity index (χ4v) is 1.44. The Labute approximate surface area is 144 Å². The van der Waals surface area contributed by atoms with Gasteiger partial charge in [-0.05, 0) is 23.3 Å². The molecule has 2 nitrogen and oxygen atoms in total. The van der Waals surface area contributed by atoms with Crippen LogP contribution in [-0.2, 0) is 32.7 Å². The van der Waals surface area contributed by atoms with Crippen LogP contribution in [0.15, 0.2) is 54.6 Å². The van der Waals surface area contributed by atoms with Gasteiger partial charge in [0, 0.05) is 32.7 Å². The fourth-order valence-electron chi connectivity index (χ4n) is 1.44. The van der Waals surface area contributed by atoms with Crippen LogP contribution >= 0.6 is 0 Å². The van der Waals surface area contributed by atoms with Gasteiger partial charge in [-0.1, -0.05) is 42.5 Å². The molecule has 0 aliphatic carbocycles. The Bertz CT molecular complexity index is 469. The molecule has 0 aromatic heterocycles. The van der Waals surface area contributed by atoms with Gasteiger partial charge < -0.3 is 5.11 Å².